The molecule has 0 saturated carbocycles. The average molecular weight is 229 g/mol. The van der Waals surface area contributed by atoms with Gasteiger partial charge in [-0.05, 0) is 19.3 Å². The lowest BCUT2D eigenvalue weighted by molar-refractivity contribution is -0.0216. The van der Waals surface area contributed by atoms with Gasteiger partial charge in [-0.1, -0.05) is 30.3 Å². The van der Waals surface area contributed by atoms with Crippen molar-refractivity contribution in [3.8, 4) is 6.07 Å². The molecule has 0 radical (unpaired) electrons. The maximum atomic E-state index is 11.9. The number of carbonyl (C=O) groups is 1. The third-order valence-corrected chi connectivity index (χ3v) is 3.00. The summed E-state index contributed by atoms with van der Waals surface area (Å²) < 4.78 is 5.55. The maximum absolute atomic E-state index is 11.9. The highest BCUT2D eigenvalue weighted by molar-refractivity contribution is 5.96. The van der Waals surface area contributed by atoms with Crippen LogP contribution in [0.2, 0.25) is 0 Å². The van der Waals surface area contributed by atoms with Gasteiger partial charge < -0.3 is 4.74 Å². The number of Topliss-reactive ketones (excluding diaryl/α,β-unsaturated/α-hetero) is 1. The fraction of sp³-hybridized carbons (Fsp3) is 0.429. The highest BCUT2D eigenvalue weighted by Gasteiger charge is 2.24. The van der Waals surface area contributed by atoms with Crippen LogP contribution in [0.3, 0.4) is 0 Å². The summed E-state index contributed by atoms with van der Waals surface area (Å²) in [7, 11) is 0. The number of nitrogens with zero attached hydrogens (tertiary/aromatic N) is 1. The summed E-state index contributed by atoms with van der Waals surface area (Å²) in [4.78, 5) is 11.9. The van der Waals surface area contributed by atoms with Crippen LogP contribution >= 0.6 is 0 Å². The van der Waals surface area contributed by atoms with Gasteiger partial charge in [-0.2, -0.15) is 5.26 Å². The van der Waals surface area contributed by atoms with Crippen LogP contribution in [0.5, 0.6) is 0 Å². The van der Waals surface area contributed by atoms with E-state index in [1.807, 2.05) is 30.3 Å². The molecule has 1 heterocycles. The molecule has 17 heavy (non-hydrogen) atoms. The van der Waals surface area contributed by atoms with Gasteiger partial charge in [0.25, 0.3) is 0 Å². The van der Waals surface area contributed by atoms with E-state index in [0.29, 0.717) is 6.42 Å². The number of benzene rings is 1. The van der Waals surface area contributed by atoms with E-state index in [-0.39, 0.29) is 18.0 Å². The van der Waals surface area contributed by atoms with E-state index >= 15 is 0 Å². The smallest absolute Gasteiger partial charge is 0.165 e. The standard InChI is InChI=1S/C14H15NO2/c15-10-13-8-4-7-12(17-13)9-14(16)11-5-2-1-3-6-11/h1-3,5-6,12-13H,4,7-9H2. The summed E-state index contributed by atoms with van der Waals surface area (Å²) in [5.74, 6) is 0.0918. The number of carbonyl (C=O) groups excluding carboxylic acids is 1. The molecule has 1 aliphatic rings. The zero-order chi connectivity index (χ0) is 12.1. The number of rotatable bonds is 3. The van der Waals surface area contributed by atoms with Gasteiger partial charge in [-0.15, -0.1) is 0 Å². The Kier molecular flexibility index (Phi) is 3.89. The molecule has 1 aliphatic heterocycles. The lowest BCUT2D eigenvalue weighted by atomic mass is 9.98. The molecular weight excluding hydrogens is 214 g/mol. The van der Waals surface area contributed by atoms with Gasteiger partial charge in [-0.3, -0.25) is 4.79 Å². The Morgan fingerprint density at radius 1 is 1.35 bits per heavy atom. The molecule has 0 aromatic heterocycles. The summed E-state index contributed by atoms with van der Waals surface area (Å²) in [5.41, 5.74) is 0.718. The quantitative estimate of drug-likeness (QED) is 0.749. The molecule has 0 aliphatic carbocycles. The van der Waals surface area contributed by atoms with Crippen LogP contribution in [0.1, 0.15) is 36.0 Å². The van der Waals surface area contributed by atoms with Crippen LogP contribution in [-0.2, 0) is 4.74 Å². The van der Waals surface area contributed by atoms with Gasteiger partial charge in [0.1, 0.15) is 6.10 Å². The molecule has 3 heteroatoms. The van der Waals surface area contributed by atoms with Crippen molar-refractivity contribution in [3.63, 3.8) is 0 Å². The second kappa shape index (κ2) is 5.60. The molecule has 3 nitrogen and oxygen atoms in total. The topological polar surface area (TPSA) is 50.1 Å². The largest absolute Gasteiger partial charge is 0.360 e. The predicted molar refractivity (Wildman–Crippen MR) is 63.5 cm³/mol. The molecular formula is C14H15NO2. The first-order chi connectivity index (χ1) is 8.29. The van der Waals surface area contributed by atoms with E-state index < -0.39 is 0 Å². The second-order valence-electron chi connectivity index (χ2n) is 4.30. The Hall–Kier alpha value is -1.66. The molecule has 88 valence electrons. The van der Waals surface area contributed by atoms with Gasteiger partial charge in [0.2, 0.25) is 0 Å². The van der Waals surface area contributed by atoms with Crippen molar-refractivity contribution < 1.29 is 9.53 Å². The Morgan fingerprint density at radius 3 is 2.82 bits per heavy atom. The van der Waals surface area contributed by atoms with Crippen LogP contribution in [0.15, 0.2) is 30.3 Å². The number of hydrogen-bond donors (Lipinski definition) is 0. The van der Waals surface area contributed by atoms with E-state index in [4.69, 9.17) is 10.00 Å². The monoisotopic (exact) mass is 229 g/mol. The molecule has 2 atom stereocenters. The van der Waals surface area contributed by atoms with Crippen LogP contribution in [-0.4, -0.2) is 18.0 Å². The van der Waals surface area contributed by atoms with E-state index in [0.717, 1.165) is 24.8 Å². The van der Waals surface area contributed by atoms with Crippen molar-refractivity contribution in [1.82, 2.24) is 0 Å². The van der Waals surface area contributed by atoms with E-state index in [9.17, 15) is 4.79 Å². The number of ether oxygens (including phenoxy) is 1. The molecule has 0 N–H and O–H groups in total. The predicted octanol–water partition coefficient (Wildman–Crippen LogP) is 2.72. The van der Waals surface area contributed by atoms with Crippen molar-refractivity contribution in [2.75, 3.05) is 0 Å². The van der Waals surface area contributed by atoms with Gasteiger partial charge >= 0.3 is 0 Å². The molecule has 1 saturated heterocycles. The first-order valence-corrected chi connectivity index (χ1v) is 5.93. The SMILES string of the molecule is N#CC1CCCC(CC(=O)c2ccccc2)O1. The number of ketones is 1. The minimum atomic E-state index is -0.336. The minimum absolute atomic E-state index is 0.0918. The minimum Gasteiger partial charge on any atom is -0.360 e. The van der Waals surface area contributed by atoms with Crippen molar-refractivity contribution in [2.24, 2.45) is 0 Å². The Balaban J connectivity index is 1.93. The second-order valence-corrected chi connectivity index (χ2v) is 4.30. The first kappa shape index (κ1) is 11.8. The summed E-state index contributed by atoms with van der Waals surface area (Å²) in [6, 6.07) is 11.3. The normalized spacial score (nSPS) is 23.9. The van der Waals surface area contributed by atoms with Crippen molar-refractivity contribution in [3.05, 3.63) is 35.9 Å². The molecule has 1 aromatic carbocycles. The van der Waals surface area contributed by atoms with Crippen LogP contribution in [0, 0.1) is 11.3 Å². The lowest BCUT2D eigenvalue weighted by Crippen LogP contribution is -2.28. The number of hydrogen-bond acceptors (Lipinski definition) is 3. The zero-order valence-corrected chi connectivity index (χ0v) is 9.63. The highest BCUT2D eigenvalue weighted by Crippen LogP contribution is 2.22. The molecule has 2 unspecified atom stereocenters. The molecule has 1 fully saturated rings. The zero-order valence-electron chi connectivity index (χ0n) is 9.63. The fourth-order valence-corrected chi connectivity index (χ4v) is 2.09. The van der Waals surface area contributed by atoms with Crippen molar-refractivity contribution in [1.29, 1.82) is 5.26 Å². The summed E-state index contributed by atoms with van der Waals surface area (Å²) in [6.07, 6.45) is 2.56. The summed E-state index contributed by atoms with van der Waals surface area (Å²) in [5, 5.41) is 8.80. The van der Waals surface area contributed by atoms with Crippen LogP contribution < -0.4 is 0 Å². The van der Waals surface area contributed by atoms with Gasteiger partial charge in [0, 0.05) is 12.0 Å². The van der Waals surface area contributed by atoms with Gasteiger partial charge in [0.15, 0.2) is 5.78 Å². The van der Waals surface area contributed by atoms with Gasteiger partial charge in [-0.25, -0.2) is 0 Å². The molecule has 0 amide bonds. The summed E-state index contributed by atoms with van der Waals surface area (Å²) in [6.45, 7) is 0. The molecule has 1 aromatic rings. The Morgan fingerprint density at radius 2 is 2.12 bits per heavy atom. The Bertz CT molecular complexity index is 422. The fourth-order valence-electron chi connectivity index (χ4n) is 2.09. The molecule has 0 spiro atoms. The van der Waals surface area contributed by atoms with Crippen molar-refractivity contribution >= 4 is 5.78 Å². The first-order valence-electron chi connectivity index (χ1n) is 5.93. The van der Waals surface area contributed by atoms with E-state index in [1.165, 1.54) is 0 Å². The number of nitriles is 1. The maximum Gasteiger partial charge on any atom is 0.165 e. The average Bonchev–Trinajstić information content (AvgIpc) is 2.40. The van der Waals surface area contributed by atoms with E-state index in [1.54, 1.807) is 0 Å². The lowest BCUT2D eigenvalue weighted by Gasteiger charge is -2.25. The van der Waals surface area contributed by atoms with Crippen LogP contribution in [0.4, 0.5) is 0 Å². The van der Waals surface area contributed by atoms with E-state index in [2.05, 4.69) is 6.07 Å². The summed E-state index contributed by atoms with van der Waals surface area (Å²) >= 11 is 0. The molecule has 0 bridgehead atoms. The third kappa shape index (κ3) is 3.15. The highest BCUT2D eigenvalue weighted by atomic mass is 16.5. The Labute approximate surface area is 101 Å². The van der Waals surface area contributed by atoms with Gasteiger partial charge in [0.05, 0.1) is 12.2 Å². The molecule has 2 rings (SSSR count). The van der Waals surface area contributed by atoms with Crippen LogP contribution in [0.25, 0.3) is 0 Å². The van der Waals surface area contributed by atoms with Crippen molar-refractivity contribution in [2.45, 2.75) is 37.9 Å². The third-order valence-electron chi connectivity index (χ3n) is 3.00.